The van der Waals surface area contributed by atoms with E-state index in [9.17, 15) is 4.91 Å². The number of nitrogens with zero attached hydrogens (tertiary/aromatic N) is 1. The molecule has 0 aromatic carbocycles. The highest BCUT2D eigenvalue weighted by atomic mass is 16.3. The van der Waals surface area contributed by atoms with E-state index < -0.39 is 0 Å². The summed E-state index contributed by atoms with van der Waals surface area (Å²) in [6.07, 6.45) is 18.2. The van der Waals surface area contributed by atoms with Crippen LogP contribution < -0.4 is 0 Å². The highest BCUT2D eigenvalue weighted by molar-refractivity contribution is 4.66. The summed E-state index contributed by atoms with van der Waals surface area (Å²) in [6, 6.07) is 0.111. The Kier molecular flexibility index (Phi) is 9.26. The van der Waals surface area contributed by atoms with E-state index in [1.54, 1.807) is 0 Å². The first-order valence-corrected chi connectivity index (χ1v) is 7.76. The third-order valence-electron chi connectivity index (χ3n) is 3.97. The lowest BCUT2D eigenvalue weighted by molar-refractivity contribution is 0.489. The van der Waals surface area contributed by atoms with E-state index in [-0.39, 0.29) is 6.04 Å². The first-order chi connectivity index (χ1) is 8.43. The molecule has 1 rings (SSSR count). The molecule has 1 aliphatic rings. The Hall–Kier alpha value is -0.400. The van der Waals surface area contributed by atoms with Crippen LogP contribution in [0.25, 0.3) is 0 Å². The standard InChI is InChI=1S/C15H29NO/c17-16-15-13-11-9-7-5-3-1-2-4-6-8-10-12-14-15/h15H,1-14H2. The molecule has 0 aromatic rings. The lowest BCUT2D eigenvalue weighted by atomic mass is 10.0. The second-order valence-corrected chi connectivity index (χ2v) is 5.58. The number of rotatable bonds is 1. The van der Waals surface area contributed by atoms with E-state index in [1.807, 2.05) is 0 Å². The maximum Gasteiger partial charge on any atom is 0.0919 e. The van der Waals surface area contributed by atoms with Gasteiger partial charge in [0.2, 0.25) is 0 Å². The molecule has 17 heavy (non-hydrogen) atoms. The van der Waals surface area contributed by atoms with Crippen molar-refractivity contribution in [1.82, 2.24) is 0 Å². The molecule has 0 bridgehead atoms. The van der Waals surface area contributed by atoms with Gasteiger partial charge < -0.3 is 0 Å². The van der Waals surface area contributed by atoms with E-state index in [0.29, 0.717) is 0 Å². The Balaban J connectivity index is 2.19. The lowest BCUT2D eigenvalue weighted by Crippen LogP contribution is -2.03. The number of nitroso groups, excluding NO2 is 1. The molecular formula is C15H29NO. The van der Waals surface area contributed by atoms with Gasteiger partial charge in [-0.3, -0.25) is 0 Å². The molecule has 0 amide bonds. The minimum Gasteiger partial charge on any atom is -0.151 e. The molecule has 0 unspecified atom stereocenters. The van der Waals surface area contributed by atoms with Gasteiger partial charge in [-0.1, -0.05) is 82.2 Å². The zero-order valence-electron chi connectivity index (χ0n) is 11.3. The summed E-state index contributed by atoms with van der Waals surface area (Å²) in [6.45, 7) is 0. The SMILES string of the molecule is O=NC1CCCCCCCCCCCCCC1. The van der Waals surface area contributed by atoms with Crippen molar-refractivity contribution in [3.63, 3.8) is 0 Å². The third kappa shape index (κ3) is 8.34. The quantitative estimate of drug-likeness (QED) is 0.548. The van der Waals surface area contributed by atoms with Gasteiger partial charge in [-0.25, -0.2) is 0 Å². The van der Waals surface area contributed by atoms with Crippen LogP contribution in [0.4, 0.5) is 0 Å². The summed E-state index contributed by atoms with van der Waals surface area (Å²) >= 11 is 0. The molecule has 0 radical (unpaired) electrons. The molecule has 2 nitrogen and oxygen atoms in total. The van der Waals surface area contributed by atoms with Crippen LogP contribution in [0, 0.1) is 4.91 Å². The Bertz CT molecular complexity index is 166. The molecule has 1 fully saturated rings. The molecule has 0 heterocycles. The Morgan fingerprint density at radius 3 is 1.12 bits per heavy atom. The van der Waals surface area contributed by atoms with Crippen LogP contribution in [-0.2, 0) is 0 Å². The maximum atomic E-state index is 10.7. The molecule has 1 saturated carbocycles. The van der Waals surface area contributed by atoms with Gasteiger partial charge in [0.15, 0.2) is 0 Å². The maximum absolute atomic E-state index is 10.7. The Labute approximate surface area is 107 Å². The molecule has 2 heteroatoms. The van der Waals surface area contributed by atoms with Crippen molar-refractivity contribution in [2.24, 2.45) is 5.18 Å². The van der Waals surface area contributed by atoms with Gasteiger partial charge in [-0.15, -0.1) is 0 Å². The molecule has 0 saturated heterocycles. The molecular weight excluding hydrogens is 210 g/mol. The molecule has 100 valence electrons. The highest BCUT2D eigenvalue weighted by Crippen LogP contribution is 2.18. The predicted molar refractivity (Wildman–Crippen MR) is 74.2 cm³/mol. The lowest BCUT2D eigenvalue weighted by Gasteiger charge is -2.08. The fraction of sp³-hybridized carbons (Fsp3) is 1.00. The molecule has 0 aliphatic heterocycles. The highest BCUT2D eigenvalue weighted by Gasteiger charge is 2.08. The topological polar surface area (TPSA) is 29.4 Å². The molecule has 0 atom stereocenters. The summed E-state index contributed by atoms with van der Waals surface area (Å²) in [5, 5.41) is 3.29. The van der Waals surface area contributed by atoms with E-state index in [1.165, 1.54) is 77.0 Å². The van der Waals surface area contributed by atoms with E-state index in [4.69, 9.17) is 0 Å². The van der Waals surface area contributed by atoms with Crippen LogP contribution in [0.5, 0.6) is 0 Å². The van der Waals surface area contributed by atoms with Crippen molar-refractivity contribution in [1.29, 1.82) is 0 Å². The van der Waals surface area contributed by atoms with Crippen molar-refractivity contribution in [2.75, 3.05) is 0 Å². The van der Waals surface area contributed by atoms with E-state index >= 15 is 0 Å². The average Bonchev–Trinajstić information content (AvgIpc) is 2.36. The van der Waals surface area contributed by atoms with Gasteiger partial charge in [-0.2, -0.15) is 4.91 Å². The van der Waals surface area contributed by atoms with Crippen LogP contribution in [0.15, 0.2) is 5.18 Å². The van der Waals surface area contributed by atoms with E-state index in [0.717, 1.165) is 12.8 Å². The average molecular weight is 239 g/mol. The second-order valence-electron chi connectivity index (χ2n) is 5.58. The van der Waals surface area contributed by atoms with E-state index in [2.05, 4.69) is 5.18 Å². The zero-order valence-corrected chi connectivity index (χ0v) is 11.3. The fourth-order valence-electron chi connectivity index (χ4n) is 2.78. The minimum absolute atomic E-state index is 0.111. The number of hydrogen-bond acceptors (Lipinski definition) is 2. The zero-order chi connectivity index (χ0) is 12.2. The first kappa shape index (κ1) is 14.7. The smallest absolute Gasteiger partial charge is 0.0919 e. The molecule has 0 N–H and O–H groups in total. The number of hydrogen-bond donors (Lipinski definition) is 0. The summed E-state index contributed by atoms with van der Waals surface area (Å²) < 4.78 is 0. The molecule has 1 aliphatic carbocycles. The summed E-state index contributed by atoms with van der Waals surface area (Å²) in [5.74, 6) is 0. The van der Waals surface area contributed by atoms with Gasteiger partial charge in [0.25, 0.3) is 0 Å². The minimum atomic E-state index is 0.111. The normalized spacial score (nSPS) is 23.5. The molecule has 0 aromatic heterocycles. The van der Waals surface area contributed by atoms with Gasteiger partial charge in [0, 0.05) is 0 Å². The van der Waals surface area contributed by atoms with Crippen LogP contribution in [0.3, 0.4) is 0 Å². The van der Waals surface area contributed by atoms with Gasteiger partial charge >= 0.3 is 0 Å². The van der Waals surface area contributed by atoms with Crippen LogP contribution in [0.1, 0.15) is 89.9 Å². The third-order valence-corrected chi connectivity index (χ3v) is 3.97. The Morgan fingerprint density at radius 2 is 0.824 bits per heavy atom. The second kappa shape index (κ2) is 10.7. The van der Waals surface area contributed by atoms with Gasteiger partial charge in [0.05, 0.1) is 6.04 Å². The Morgan fingerprint density at radius 1 is 0.529 bits per heavy atom. The first-order valence-electron chi connectivity index (χ1n) is 7.76. The largest absolute Gasteiger partial charge is 0.151 e. The van der Waals surface area contributed by atoms with Crippen molar-refractivity contribution in [2.45, 2.75) is 95.9 Å². The van der Waals surface area contributed by atoms with Crippen molar-refractivity contribution < 1.29 is 0 Å². The summed E-state index contributed by atoms with van der Waals surface area (Å²) in [7, 11) is 0. The van der Waals surface area contributed by atoms with Crippen LogP contribution in [0.2, 0.25) is 0 Å². The summed E-state index contributed by atoms with van der Waals surface area (Å²) in [4.78, 5) is 10.7. The fourth-order valence-corrected chi connectivity index (χ4v) is 2.78. The van der Waals surface area contributed by atoms with Gasteiger partial charge in [-0.05, 0) is 12.8 Å². The molecule has 0 spiro atoms. The van der Waals surface area contributed by atoms with Crippen molar-refractivity contribution in [3.8, 4) is 0 Å². The van der Waals surface area contributed by atoms with Gasteiger partial charge in [0.1, 0.15) is 0 Å². The van der Waals surface area contributed by atoms with Crippen molar-refractivity contribution in [3.05, 3.63) is 4.91 Å². The summed E-state index contributed by atoms with van der Waals surface area (Å²) in [5.41, 5.74) is 0. The van der Waals surface area contributed by atoms with Crippen molar-refractivity contribution >= 4 is 0 Å². The van der Waals surface area contributed by atoms with Crippen LogP contribution >= 0.6 is 0 Å². The van der Waals surface area contributed by atoms with Crippen LogP contribution in [-0.4, -0.2) is 6.04 Å². The monoisotopic (exact) mass is 239 g/mol. The predicted octanol–water partition coefficient (Wildman–Crippen LogP) is 5.60.